The molecule has 1 fully saturated rings. The number of hydrogen-bond acceptors (Lipinski definition) is 5. The molecule has 3 heterocycles. The van der Waals surface area contributed by atoms with E-state index in [4.69, 9.17) is 4.52 Å². The second-order valence-electron chi connectivity index (χ2n) is 10.3. The first-order valence-corrected chi connectivity index (χ1v) is 12.8. The van der Waals surface area contributed by atoms with Crippen molar-refractivity contribution < 1.29 is 14.1 Å². The second kappa shape index (κ2) is 11.5. The van der Waals surface area contributed by atoms with Gasteiger partial charge in [-0.3, -0.25) is 14.3 Å². The summed E-state index contributed by atoms with van der Waals surface area (Å²) in [4.78, 5) is 30.0. The first-order valence-electron chi connectivity index (χ1n) is 12.8. The quantitative estimate of drug-likeness (QED) is 0.452. The van der Waals surface area contributed by atoms with Gasteiger partial charge in [-0.05, 0) is 55.2 Å². The number of likely N-dealkylation sites (tertiary alicyclic amines) is 1. The van der Waals surface area contributed by atoms with Crippen LogP contribution in [0.2, 0.25) is 0 Å². The Morgan fingerprint density at radius 2 is 1.89 bits per heavy atom. The van der Waals surface area contributed by atoms with Crippen LogP contribution in [0, 0.1) is 18.8 Å². The molecule has 36 heavy (non-hydrogen) atoms. The highest BCUT2D eigenvalue weighted by Gasteiger charge is 2.34. The first kappa shape index (κ1) is 25.7. The van der Waals surface area contributed by atoms with Crippen LogP contribution in [0.1, 0.15) is 54.1 Å². The van der Waals surface area contributed by atoms with Gasteiger partial charge in [-0.15, -0.1) is 0 Å². The van der Waals surface area contributed by atoms with Gasteiger partial charge in [0.05, 0.1) is 0 Å². The van der Waals surface area contributed by atoms with E-state index in [1.165, 1.54) is 11.1 Å². The summed E-state index contributed by atoms with van der Waals surface area (Å²) < 4.78 is 7.04. The molecule has 0 unspecified atom stereocenters. The van der Waals surface area contributed by atoms with Crippen molar-refractivity contribution in [2.75, 3.05) is 20.1 Å². The maximum absolute atomic E-state index is 13.2. The molecule has 2 aromatic heterocycles. The molecule has 192 valence electrons. The maximum Gasteiger partial charge on any atom is 0.276 e. The fourth-order valence-corrected chi connectivity index (χ4v) is 5.07. The predicted molar refractivity (Wildman–Crippen MR) is 137 cm³/mol. The highest BCUT2D eigenvalue weighted by atomic mass is 16.5. The van der Waals surface area contributed by atoms with Crippen LogP contribution >= 0.6 is 0 Å². The Kier molecular flexibility index (Phi) is 8.23. The number of carbonyl (C=O) groups is 2. The van der Waals surface area contributed by atoms with Crippen LogP contribution in [0.3, 0.4) is 0 Å². The van der Waals surface area contributed by atoms with Crippen molar-refractivity contribution in [3.8, 4) is 0 Å². The van der Waals surface area contributed by atoms with E-state index in [-0.39, 0.29) is 30.3 Å². The molecule has 1 saturated heterocycles. The van der Waals surface area contributed by atoms with Crippen LogP contribution in [0.5, 0.6) is 0 Å². The lowest BCUT2D eigenvalue weighted by molar-refractivity contribution is -0.134. The lowest BCUT2D eigenvalue weighted by atomic mass is 9.84. The van der Waals surface area contributed by atoms with Gasteiger partial charge in [-0.2, -0.15) is 5.10 Å². The van der Waals surface area contributed by atoms with Gasteiger partial charge in [0.1, 0.15) is 12.3 Å². The lowest BCUT2D eigenvalue weighted by Gasteiger charge is -2.40. The molecule has 0 bridgehead atoms. The summed E-state index contributed by atoms with van der Waals surface area (Å²) >= 11 is 0. The number of rotatable bonds is 9. The Morgan fingerprint density at radius 3 is 2.56 bits per heavy atom. The van der Waals surface area contributed by atoms with E-state index in [2.05, 4.69) is 49.2 Å². The van der Waals surface area contributed by atoms with Crippen LogP contribution in [0.4, 0.5) is 0 Å². The highest BCUT2D eigenvalue weighted by Crippen LogP contribution is 2.28. The van der Waals surface area contributed by atoms with E-state index in [0.29, 0.717) is 24.7 Å². The molecule has 0 N–H and O–H groups in total. The molecular weight excluding hydrogens is 454 g/mol. The average Bonchev–Trinajstić information content (AvgIpc) is 3.55. The highest BCUT2D eigenvalue weighted by molar-refractivity contribution is 5.92. The molecule has 0 radical (unpaired) electrons. The van der Waals surface area contributed by atoms with Gasteiger partial charge in [-0.1, -0.05) is 43.3 Å². The minimum absolute atomic E-state index is 0.0380. The Morgan fingerprint density at radius 1 is 1.14 bits per heavy atom. The zero-order valence-corrected chi connectivity index (χ0v) is 21.8. The average molecular weight is 492 g/mol. The molecular formula is C28H37N5O3. The summed E-state index contributed by atoms with van der Waals surface area (Å²) in [6.07, 6.45) is 6.71. The Bertz CT molecular complexity index is 1150. The van der Waals surface area contributed by atoms with Crippen molar-refractivity contribution in [3.05, 3.63) is 71.4 Å². The molecule has 1 atom stereocenters. The first-order chi connectivity index (χ1) is 17.3. The smallest absolute Gasteiger partial charge is 0.276 e. The van der Waals surface area contributed by atoms with E-state index in [1.807, 2.05) is 35.2 Å². The molecule has 0 spiro atoms. The van der Waals surface area contributed by atoms with Gasteiger partial charge >= 0.3 is 0 Å². The summed E-state index contributed by atoms with van der Waals surface area (Å²) in [6.45, 7) is 7.83. The fraction of sp³-hybridized carbons (Fsp3) is 0.500. The van der Waals surface area contributed by atoms with Crippen molar-refractivity contribution in [1.82, 2.24) is 24.7 Å². The Hall–Kier alpha value is -3.42. The minimum atomic E-state index is -0.0780. The largest absolute Gasteiger partial charge is 0.361 e. The molecule has 8 heteroatoms. The fourth-order valence-electron chi connectivity index (χ4n) is 5.07. The zero-order chi connectivity index (χ0) is 25.7. The number of piperidine rings is 1. The Balaban J connectivity index is 1.44. The van der Waals surface area contributed by atoms with Gasteiger partial charge in [0.15, 0.2) is 5.69 Å². The number of nitrogens with zero attached hydrogens (tertiary/aromatic N) is 5. The van der Waals surface area contributed by atoms with Gasteiger partial charge in [-0.25, -0.2) is 0 Å². The third-order valence-corrected chi connectivity index (χ3v) is 7.20. The minimum Gasteiger partial charge on any atom is -0.361 e. The summed E-state index contributed by atoms with van der Waals surface area (Å²) in [5.41, 5.74) is 2.86. The second-order valence-corrected chi connectivity index (χ2v) is 10.3. The zero-order valence-electron chi connectivity index (χ0n) is 21.8. The van der Waals surface area contributed by atoms with Crippen molar-refractivity contribution >= 4 is 11.8 Å². The summed E-state index contributed by atoms with van der Waals surface area (Å²) in [5.74, 6) is 1.43. The van der Waals surface area contributed by atoms with Crippen molar-refractivity contribution in [2.24, 2.45) is 11.8 Å². The van der Waals surface area contributed by atoms with Gasteiger partial charge < -0.3 is 14.3 Å². The van der Waals surface area contributed by atoms with E-state index in [9.17, 15) is 9.59 Å². The number of benzene rings is 1. The van der Waals surface area contributed by atoms with Crippen LogP contribution in [0.15, 0.2) is 53.3 Å². The normalized spacial score (nSPS) is 15.3. The van der Waals surface area contributed by atoms with Crippen LogP contribution in [-0.4, -0.2) is 62.7 Å². The van der Waals surface area contributed by atoms with Crippen molar-refractivity contribution in [2.45, 2.75) is 59.0 Å². The number of aromatic nitrogens is 3. The SMILES string of the molecule is Cc1ccccc1C[C@H](C1CCN(C(=O)c2cc(CC(C)C)on2)CC1)N(C)C(=O)Cn1cccn1. The molecule has 1 aliphatic heterocycles. The number of carbonyl (C=O) groups excluding carboxylic acids is 2. The summed E-state index contributed by atoms with van der Waals surface area (Å²) in [6, 6.07) is 12.0. The van der Waals surface area contributed by atoms with Crippen molar-refractivity contribution in [1.29, 1.82) is 0 Å². The van der Waals surface area contributed by atoms with Crippen LogP contribution < -0.4 is 0 Å². The Labute approximate surface area is 213 Å². The van der Waals surface area contributed by atoms with Gasteiger partial charge in [0, 0.05) is 51.1 Å². The number of likely N-dealkylation sites (N-methyl/N-ethyl adjacent to an activating group) is 1. The third kappa shape index (κ3) is 6.22. The van der Waals surface area contributed by atoms with Crippen LogP contribution in [-0.2, 0) is 24.2 Å². The molecule has 8 nitrogen and oxygen atoms in total. The molecule has 0 saturated carbocycles. The van der Waals surface area contributed by atoms with E-state index < -0.39 is 0 Å². The standard InChI is InChI=1S/C28H37N5O3/c1-20(2)16-24-18-25(30-36-24)28(35)32-14-10-22(11-15-32)26(17-23-9-6-5-8-21(23)3)31(4)27(34)19-33-13-7-12-29-33/h5-9,12-13,18,20,22,26H,10-11,14-17,19H2,1-4H3/t26-/m1/s1. The summed E-state index contributed by atoms with van der Waals surface area (Å²) in [5, 5.41) is 8.22. The van der Waals surface area contributed by atoms with E-state index in [1.54, 1.807) is 16.9 Å². The molecule has 2 amide bonds. The third-order valence-electron chi connectivity index (χ3n) is 7.20. The lowest BCUT2D eigenvalue weighted by Crippen LogP contribution is -2.49. The molecule has 1 aromatic carbocycles. The van der Waals surface area contributed by atoms with E-state index >= 15 is 0 Å². The predicted octanol–water partition coefficient (Wildman–Crippen LogP) is 4.00. The number of aryl methyl sites for hydroxylation is 1. The van der Waals surface area contributed by atoms with Crippen LogP contribution in [0.25, 0.3) is 0 Å². The summed E-state index contributed by atoms with van der Waals surface area (Å²) in [7, 11) is 1.90. The molecule has 3 aromatic rings. The topological polar surface area (TPSA) is 84.5 Å². The van der Waals surface area contributed by atoms with Gasteiger partial charge in [0.25, 0.3) is 5.91 Å². The molecule has 1 aliphatic rings. The molecule has 4 rings (SSSR count). The van der Waals surface area contributed by atoms with Crippen molar-refractivity contribution in [3.63, 3.8) is 0 Å². The monoisotopic (exact) mass is 491 g/mol. The molecule has 0 aliphatic carbocycles. The maximum atomic E-state index is 13.2. The van der Waals surface area contributed by atoms with E-state index in [0.717, 1.165) is 31.4 Å². The number of hydrogen-bond donors (Lipinski definition) is 0. The van der Waals surface area contributed by atoms with Gasteiger partial charge in [0.2, 0.25) is 5.91 Å². The number of amides is 2.